The van der Waals surface area contributed by atoms with Crippen molar-refractivity contribution >= 4 is 46.3 Å². The summed E-state index contributed by atoms with van der Waals surface area (Å²) in [5, 5.41) is 3.91. The molecule has 0 fully saturated rings. The van der Waals surface area contributed by atoms with Crippen LogP contribution in [0.1, 0.15) is 37.6 Å². The Labute approximate surface area is 192 Å². The Hall–Kier alpha value is -3.10. The summed E-state index contributed by atoms with van der Waals surface area (Å²) >= 11 is 2.82. The molecule has 0 unspecified atom stereocenters. The number of rotatable bonds is 4. The molecule has 4 aromatic heterocycles. The van der Waals surface area contributed by atoms with Gasteiger partial charge in [0.05, 0.1) is 16.8 Å². The number of thiazole rings is 1. The molecule has 4 heterocycles. The lowest BCUT2D eigenvalue weighted by atomic mass is 9.91. The summed E-state index contributed by atoms with van der Waals surface area (Å²) < 4.78 is 4.09. The van der Waals surface area contributed by atoms with E-state index in [4.69, 9.17) is 0 Å². The van der Waals surface area contributed by atoms with Crippen LogP contribution in [-0.4, -0.2) is 19.7 Å². The molecule has 0 spiro atoms. The van der Waals surface area contributed by atoms with Crippen molar-refractivity contribution in [2.75, 3.05) is 0 Å². The van der Waals surface area contributed by atoms with Gasteiger partial charge in [0.2, 0.25) is 0 Å². The molecule has 4 rings (SSSR count). The van der Waals surface area contributed by atoms with Crippen LogP contribution in [0.5, 0.6) is 0 Å². The first kappa shape index (κ1) is 22.1. The zero-order valence-corrected chi connectivity index (χ0v) is 19.9. The average molecular weight is 466 g/mol. The Morgan fingerprint density at radius 2 is 1.97 bits per heavy atom. The molecule has 8 heteroatoms. The van der Waals surface area contributed by atoms with Gasteiger partial charge in [-0.3, -0.25) is 23.4 Å². The topological polar surface area (TPSA) is 73.4 Å². The van der Waals surface area contributed by atoms with Crippen LogP contribution in [0, 0.1) is 12.3 Å². The average Bonchev–Trinajstić information content (AvgIpc) is 3.32. The molecule has 0 saturated heterocycles. The minimum absolute atomic E-state index is 0.0726. The van der Waals surface area contributed by atoms with Crippen molar-refractivity contribution in [2.24, 2.45) is 5.41 Å². The Balaban J connectivity index is 1.89. The van der Waals surface area contributed by atoms with E-state index in [9.17, 15) is 14.4 Å². The van der Waals surface area contributed by atoms with Crippen LogP contribution in [0.4, 0.5) is 0 Å². The lowest BCUT2D eigenvalue weighted by molar-refractivity contribution is -0.120. The van der Waals surface area contributed by atoms with Gasteiger partial charge in [0.25, 0.3) is 11.1 Å². The van der Waals surface area contributed by atoms with Crippen LogP contribution in [0.2, 0.25) is 0 Å². The van der Waals surface area contributed by atoms with Gasteiger partial charge in [-0.1, -0.05) is 26.8 Å². The molecule has 164 valence electrons. The zero-order valence-electron chi connectivity index (χ0n) is 18.3. The van der Waals surface area contributed by atoms with E-state index in [2.05, 4.69) is 4.98 Å². The van der Waals surface area contributed by atoms with Crippen molar-refractivity contribution in [2.45, 2.75) is 34.2 Å². The third-order valence-corrected chi connectivity index (χ3v) is 6.71. The second-order valence-corrected chi connectivity index (χ2v) is 10.5. The molecule has 0 bridgehead atoms. The summed E-state index contributed by atoms with van der Waals surface area (Å²) in [4.78, 5) is 43.1. The normalized spacial score (nSPS) is 13.2. The quantitative estimate of drug-likeness (QED) is 0.464. The number of carbonyl (C=O) groups excluding carboxylic acids is 1. The van der Waals surface area contributed by atoms with E-state index in [0.29, 0.717) is 20.5 Å². The van der Waals surface area contributed by atoms with Crippen LogP contribution in [0.25, 0.3) is 17.8 Å². The molecule has 6 nitrogen and oxygen atoms in total. The standard InChI is InChI=1S/C24H23N3O3S2/c1-15-5-6-20-25-17(10-21(29)26(20)12-15)13-27-22(11-19(28)24(2,3)4)32-18(23(27)30)9-16-7-8-31-14-16/h5-12,14H,13H2,1-4H3. The number of fused-ring (bicyclic) bond motifs is 1. The molecule has 0 aliphatic heterocycles. The predicted octanol–water partition coefficient (Wildman–Crippen LogP) is 2.56. The number of pyridine rings is 1. The first-order chi connectivity index (χ1) is 15.1. The third kappa shape index (κ3) is 4.56. The van der Waals surface area contributed by atoms with E-state index in [-0.39, 0.29) is 23.4 Å². The van der Waals surface area contributed by atoms with Crippen molar-refractivity contribution in [3.63, 3.8) is 0 Å². The van der Waals surface area contributed by atoms with E-state index in [1.165, 1.54) is 32.4 Å². The molecule has 0 aromatic carbocycles. The van der Waals surface area contributed by atoms with Crippen molar-refractivity contribution in [3.05, 3.63) is 87.9 Å². The fraction of sp³-hybridized carbons (Fsp3) is 0.250. The van der Waals surface area contributed by atoms with Gasteiger partial charge < -0.3 is 0 Å². The van der Waals surface area contributed by atoms with Crippen LogP contribution in [0.15, 0.2) is 50.8 Å². The second kappa shape index (κ2) is 8.44. The number of aromatic nitrogens is 3. The minimum atomic E-state index is -0.569. The molecular weight excluding hydrogens is 442 g/mol. The van der Waals surface area contributed by atoms with Crippen LogP contribution in [-0.2, 0) is 11.3 Å². The van der Waals surface area contributed by atoms with Crippen molar-refractivity contribution in [1.29, 1.82) is 0 Å². The van der Waals surface area contributed by atoms with Gasteiger partial charge >= 0.3 is 0 Å². The van der Waals surface area contributed by atoms with E-state index in [0.717, 1.165) is 11.1 Å². The largest absolute Gasteiger partial charge is 0.294 e. The van der Waals surface area contributed by atoms with Gasteiger partial charge in [0.15, 0.2) is 5.78 Å². The van der Waals surface area contributed by atoms with Gasteiger partial charge in [0.1, 0.15) is 10.3 Å². The first-order valence-electron chi connectivity index (χ1n) is 10.1. The summed E-state index contributed by atoms with van der Waals surface area (Å²) in [6.07, 6.45) is 5.08. The van der Waals surface area contributed by atoms with Gasteiger partial charge in [-0.15, -0.1) is 11.3 Å². The lowest BCUT2D eigenvalue weighted by Crippen LogP contribution is -2.33. The van der Waals surface area contributed by atoms with Gasteiger partial charge in [-0.2, -0.15) is 11.3 Å². The molecule has 0 radical (unpaired) electrons. The van der Waals surface area contributed by atoms with Crippen molar-refractivity contribution < 1.29 is 4.79 Å². The number of hydrogen-bond donors (Lipinski definition) is 0. The minimum Gasteiger partial charge on any atom is -0.294 e. The van der Waals surface area contributed by atoms with Gasteiger partial charge in [0, 0.05) is 23.8 Å². The maximum atomic E-state index is 13.2. The summed E-state index contributed by atoms with van der Waals surface area (Å²) in [7, 11) is 0. The SMILES string of the molecule is Cc1ccc2nc(Cn3c(=CC(=O)C(C)(C)C)sc(=Cc4ccsc4)c3=O)cc(=O)n2c1. The number of Topliss-reactive ketones (excluding diaryl/α,β-unsaturated/α-hetero) is 1. The predicted molar refractivity (Wildman–Crippen MR) is 130 cm³/mol. The highest BCUT2D eigenvalue weighted by molar-refractivity contribution is 7.08. The number of nitrogens with zero attached hydrogens (tertiary/aromatic N) is 3. The molecule has 0 saturated carbocycles. The Morgan fingerprint density at radius 1 is 1.19 bits per heavy atom. The zero-order chi connectivity index (χ0) is 23.0. The maximum absolute atomic E-state index is 13.2. The highest BCUT2D eigenvalue weighted by atomic mass is 32.1. The molecular formula is C24H23N3O3S2. The molecule has 4 aromatic rings. The van der Waals surface area contributed by atoms with Gasteiger partial charge in [-0.25, -0.2) is 4.98 Å². The number of hydrogen-bond acceptors (Lipinski definition) is 6. The van der Waals surface area contributed by atoms with E-state index in [1.807, 2.05) is 56.7 Å². The fourth-order valence-corrected chi connectivity index (χ4v) is 4.79. The summed E-state index contributed by atoms with van der Waals surface area (Å²) in [6, 6.07) is 7.04. The highest BCUT2D eigenvalue weighted by Crippen LogP contribution is 2.15. The van der Waals surface area contributed by atoms with E-state index >= 15 is 0 Å². The first-order valence-corrected chi connectivity index (χ1v) is 11.9. The van der Waals surface area contributed by atoms with Crippen molar-refractivity contribution in [3.8, 4) is 0 Å². The lowest BCUT2D eigenvalue weighted by Gasteiger charge is -2.13. The van der Waals surface area contributed by atoms with Crippen LogP contribution in [0.3, 0.4) is 0 Å². The maximum Gasteiger partial charge on any atom is 0.269 e. The van der Waals surface area contributed by atoms with Crippen LogP contribution >= 0.6 is 22.7 Å². The number of thiophene rings is 1. The fourth-order valence-electron chi connectivity index (χ4n) is 3.13. The Morgan fingerprint density at radius 3 is 2.66 bits per heavy atom. The summed E-state index contributed by atoms with van der Waals surface area (Å²) in [5.74, 6) is -0.0726. The molecule has 0 amide bonds. The molecule has 32 heavy (non-hydrogen) atoms. The molecule has 0 N–H and O–H groups in total. The van der Waals surface area contributed by atoms with E-state index in [1.54, 1.807) is 23.6 Å². The van der Waals surface area contributed by atoms with Gasteiger partial charge in [-0.05, 0) is 47.0 Å². The third-order valence-electron chi connectivity index (χ3n) is 4.95. The Bertz CT molecular complexity index is 1550. The Kier molecular flexibility index (Phi) is 5.83. The molecule has 0 aliphatic carbocycles. The molecule has 0 atom stereocenters. The smallest absolute Gasteiger partial charge is 0.269 e. The number of carbonyl (C=O) groups is 1. The van der Waals surface area contributed by atoms with Crippen molar-refractivity contribution in [1.82, 2.24) is 14.0 Å². The number of ketones is 1. The highest BCUT2D eigenvalue weighted by Gasteiger charge is 2.20. The summed E-state index contributed by atoms with van der Waals surface area (Å²) in [6.45, 7) is 7.54. The second-order valence-electron chi connectivity index (χ2n) is 8.68. The molecule has 0 aliphatic rings. The monoisotopic (exact) mass is 465 g/mol. The van der Waals surface area contributed by atoms with Crippen LogP contribution < -0.4 is 20.3 Å². The van der Waals surface area contributed by atoms with E-state index < -0.39 is 5.41 Å². The summed E-state index contributed by atoms with van der Waals surface area (Å²) in [5.41, 5.74) is 1.89. The number of aryl methyl sites for hydroxylation is 1.